The van der Waals surface area contributed by atoms with Crippen molar-refractivity contribution < 1.29 is 37.4 Å². The summed E-state index contributed by atoms with van der Waals surface area (Å²) in [6.45, 7) is 0.171. The lowest BCUT2D eigenvalue weighted by Crippen LogP contribution is -2.30. The van der Waals surface area contributed by atoms with Crippen LogP contribution in [0.25, 0.3) is 0 Å². The van der Waals surface area contributed by atoms with E-state index in [9.17, 15) is 18.0 Å². The normalized spacial score (nSPS) is 11.7. The number of esters is 1. The van der Waals surface area contributed by atoms with Crippen LogP contribution in [0.4, 0.5) is 18.9 Å². The van der Waals surface area contributed by atoms with Gasteiger partial charge in [-0.1, -0.05) is 23.4 Å². The van der Waals surface area contributed by atoms with Gasteiger partial charge in [-0.25, -0.2) is 0 Å². The highest BCUT2D eigenvalue weighted by atomic mass is 19.4. The molecule has 0 radical (unpaired) electrons. The fraction of sp³-hybridized carbons (Fsp3) is 0.300. The van der Waals surface area contributed by atoms with Gasteiger partial charge >= 0.3 is 12.3 Å². The second kappa shape index (κ2) is 11.0. The van der Waals surface area contributed by atoms with Gasteiger partial charge in [-0.05, 0) is 29.8 Å². The lowest BCUT2D eigenvalue weighted by Gasteiger charge is -2.24. The van der Waals surface area contributed by atoms with E-state index < -0.39 is 18.1 Å². The number of rotatable bonds is 10. The van der Waals surface area contributed by atoms with Crippen molar-refractivity contribution in [1.82, 2.24) is 0 Å². The molecule has 0 aliphatic heterocycles. The summed E-state index contributed by atoms with van der Waals surface area (Å²) in [7, 11) is 1.22. The van der Waals surface area contributed by atoms with E-state index in [0.29, 0.717) is 11.4 Å². The molecule has 3 N–H and O–H groups in total. The summed E-state index contributed by atoms with van der Waals surface area (Å²) < 4.78 is 51.9. The largest absolute Gasteiger partial charge is 0.573 e. The molecule has 2 aromatic rings. The average Bonchev–Trinajstić information content (AvgIpc) is 2.72. The van der Waals surface area contributed by atoms with Crippen LogP contribution in [-0.4, -0.2) is 43.6 Å². The Morgan fingerprint density at radius 1 is 1.16 bits per heavy atom. The van der Waals surface area contributed by atoms with Crippen LogP contribution in [0.2, 0.25) is 0 Å². The maximum atomic E-state index is 12.6. The Balaban J connectivity index is 2.19. The minimum Gasteiger partial charge on any atom is -0.493 e. The molecule has 8 nitrogen and oxygen atoms in total. The number of halogens is 3. The van der Waals surface area contributed by atoms with Crippen molar-refractivity contribution in [2.24, 2.45) is 10.9 Å². The molecule has 0 saturated carbocycles. The third-order valence-electron chi connectivity index (χ3n) is 3.99. The molecule has 2 aromatic carbocycles. The van der Waals surface area contributed by atoms with Gasteiger partial charge in [0.25, 0.3) is 0 Å². The smallest absolute Gasteiger partial charge is 0.493 e. The van der Waals surface area contributed by atoms with Crippen LogP contribution in [0, 0.1) is 0 Å². The molecule has 11 heteroatoms. The first kappa shape index (κ1) is 23.6. The second-order valence-corrected chi connectivity index (χ2v) is 6.31. The van der Waals surface area contributed by atoms with Gasteiger partial charge in [0.05, 0.1) is 13.7 Å². The number of alkyl halides is 3. The molecule has 0 fully saturated rings. The van der Waals surface area contributed by atoms with E-state index >= 15 is 0 Å². The number of oxime groups is 1. The molecule has 0 heterocycles. The van der Waals surface area contributed by atoms with Crippen LogP contribution in [0.3, 0.4) is 0 Å². The number of ether oxygens (including phenoxy) is 3. The molecule has 0 amide bonds. The van der Waals surface area contributed by atoms with Gasteiger partial charge < -0.3 is 30.1 Å². The minimum absolute atomic E-state index is 0.0290. The van der Waals surface area contributed by atoms with Crippen molar-refractivity contribution in [3.8, 4) is 11.5 Å². The first-order valence-electron chi connectivity index (χ1n) is 9.06. The highest BCUT2D eigenvalue weighted by molar-refractivity contribution is 5.79. The van der Waals surface area contributed by atoms with E-state index in [4.69, 9.17) is 20.4 Å². The third-order valence-corrected chi connectivity index (χ3v) is 3.99. The molecule has 0 aliphatic rings. The summed E-state index contributed by atoms with van der Waals surface area (Å²) in [5, 5.41) is 11.4. The van der Waals surface area contributed by atoms with E-state index in [1.165, 1.54) is 25.3 Å². The summed E-state index contributed by atoms with van der Waals surface area (Å²) >= 11 is 0. The number of carbonyl (C=O) groups excluding carboxylic acids is 1. The van der Waals surface area contributed by atoms with Crippen LogP contribution >= 0.6 is 0 Å². The van der Waals surface area contributed by atoms with Crippen LogP contribution in [-0.2, 0) is 16.1 Å². The summed E-state index contributed by atoms with van der Waals surface area (Å²) in [5.74, 6) is -0.426. The molecular weight excluding hydrogens is 419 g/mol. The van der Waals surface area contributed by atoms with Crippen LogP contribution in [0.1, 0.15) is 12.0 Å². The highest BCUT2D eigenvalue weighted by Crippen LogP contribution is 2.28. The Morgan fingerprint density at radius 2 is 1.87 bits per heavy atom. The minimum atomic E-state index is -4.83. The topological polar surface area (TPSA) is 107 Å². The fourth-order valence-electron chi connectivity index (χ4n) is 2.61. The van der Waals surface area contributed by atoms with Crippen LogP contribution in [0.5, 0.6) is 11.5 Å². The van der Waals surface area contributed by atoms with Gasteiger partial charge in [-0.2, -0.15) is 0 Å². The molecule has 168 valence electrons. The van der Waals surface area contributed by atoms with E-state index in [0.717, 1.165) is 5.56 Å². The van der Waals surface area contributed by atoms with Crippen molar-refractivity contribution >= 4 is 17.5 Å². The van der Waals surface area contributed by atoms with Gasteiger partial charge in [0, 0.05) is 24.7 Å². The maximum absolute atomic E-state index is 12.6. The molecule has 0 aromatic heterocycles. The van der Waals surface area contributed by atoms with Crippen molar-refractivity contribution in [3.05, 3.63) is 54.1 Å². The van der Waals surface area contributed by atoms with E-state index in [1.807, 2.05) is 0 Å². The predicted octanol–water partition coefficient (Wildman–Crippen LogP) is 3.28. The molecule has 0 unspecified atom stereocenters. The summed E-state index contributed by atoms with van der Waals surface area (Å²) in [5.41, 5.74) is 6.46. The average molecular weight is 441 g/mol. The number of benzene rings is 2. The van der Waals surface area contributed by atoms with Gasteiger partial charge in [-0.3, -0.25) is 4.79 Å². The SMILES string of the molecule is COC(=O)CN(Cc1cccc(OCC/C(N)=N/O)c1)c1cccc(OC(F)(F)F)c1. The Hall–Kier alpha value is -3.63. The Morgan fingerprint density at radius 3 is 2.55 bits per heavy atom. The van der Waals surface area contributed by atoms with Crippen LogP contribution < -0.4 is 20.1 Å². The number of amidine groups is 1. The van der Waals surface area contributed by atoms with Crippen LogP contribution in [0.15, 0.2) is 53.7 Å². The number of hydrogen-bond acceptors (Lipinski definition) is 7. The molecule has 31 heavy (non-hydrogen) atoms. The zero-order valence-electron chi connectivity index (χ0n) is 16.6. The maximum Gasteiger partial charge on any atom is 0.573 e. The Bertz CT molecular complexity index is 906. The Kier molecular flexibility index (Phi) is 8.35. The summed E-state index contributed by atoms with van der Waals surface area (Å²) in [6.07, 6.45) is -4.61. The van der Waals surface area contributed by atoms with Gasteiger partial charge in [0.15, 0.2) is 0 Å². The van der Waals surface area contributed by atoms with E-state index in [2.05, 4.69) is 9.89 Å². The van der Waals surface area contributed by atoms with Crippen molar-refractivity contribution in [2.75, 3.05) is 25.2 Å². The van der Waals surface area contributed by atoms with Gasteiger partial charge in [-0.15, -0.1) is 13.2 Å². The third kappa shape index (κ3) is 8.33. The molecule has 0 aliphatic carbocycles. The first-order valence-corrected chi connectivity index (χ1v) is 9.06. The fourth-order valence-corrected chi connectivity index (χ4v) is 2.61. The molecule has 0 spiro atoms. The number of nitrogens with two attached hydrogens (primary N) is 1. The number of carbonyl (C=O) groups is 1. The lowest BCUT2D eigenvalue weighted by atomic mass is 10.1. The quantitative estimate of drug-likeness (QED) is 0.192. The first-order chi connectivity index (χ1) is 14.7. The van der Waals surface area contributed by atoms with E-state index in [-0.39, 0.29) is 32.0 Å². The second-order valence-electron chi connectivity index (χ2n) is 6.31. The zero-order chi connectivity index (χ0) is 22.9. The van der Waals surface area contributed by atoms with Gasteiger partial charge in [0.1, 0.15) is 23.9 Å². The predicted molar refractivity (Wildman–Crippen MR) is 106 cm³/mol. The Labute approximate surface area is 176 Å². The molecular formula is C20H22F3N3O5. The van der Waals surface area contributed by atoms with Gasteiger partial charge in [0.2, 0.25) is 0 Å². The molecule has 0 bridgehead atoms. The number of anilines is 1. The summed E-state index contributed by atoms with van der Waals surface area (Å²) in [6, 6.07) is 12.2. The number of methoxy groups -OCH3 is 1. The molecule has 0 atom stereocenters. The molecule has 2 rings (SSSR count). The highest BCUT2D eigenvalue weighted by Gasteiger charge is 2.31. The molecule has 0 saturated heterocycles. The zero-order valence-corrected chi connectivity index (χ0v) is 16.6. The number of hydrogen-bond donors (Lipinski definition) is 2. The summed E-state index contributed by atoms with van der Waals surface area (Å²) in [4.78, 5) is 13.4. The number of nitrogens with zero attached hydrogens (tertiary/aromatic N) is 2. The standard InChI is InChI=1S/C20H22F3N3O5/c1-29-19(27)13-26(15-5-3-7-17(11-15)31-20(21,22)23)12-14-4-2-6-16(10-14)30-9-8-18(24)25-28/h2-7,10-11,28H,8-9,12-13H2,1H3,(H2,24,25). The van der Waals surface area contributed by atoms with Crippen molar-refractivity contribution in [2.45, 2.75) is 19.3 Å². The van der Waals surface area contributed by atoms with Crippen molar-refractivity contribution in [1.29, 1.82) is 0 Å². The monoisotopic (exact) mass is 441 g/mol. The van der Waals surface area contributed by atoms with E-state index in [1.54, 1.807) is 35.2 Å². The lowest BCUT2D eigenvalue weighted by molar-refractivity contribution is -0.274. The van der Waals surface area contributed by atoms with Crippen molar-refractivity contribution in [3.63, 3.8) is 0 Å².